The molecule has 5 nitrogen and oxygen atoms in total. The van der Waals surface area contributed by atoms with Crippen molar-refractivity contribution in [3.8, 4) is 0 Å². The first-order chi connectivity index (χ1) is 21.0. The van der Waals surface area contributed by atoms with Gasteiger partial charge in [0.1, 0.15) is 0 Å². The van der Waals surface area contributed by atoms with E-state index in [9.17, 15) is 137 Å². The van der Waals surface area contributed by atoms with Gasteiger partial charge in [-0.25, -0.2) is 0 Å². The number of carbonyl (C=O) groups is 1. The van der Waals surface area contributed by atoms with Crippen molar-refractivity contribution in [1.82, 2.24) is 0 Å². The Balaban J connectivity index is 7.69. The highest BCUT2D eigenvalue weighted by molar-refractivity contribution is 5.77. The van der Waals surface area contributed by atoms with Crippen molar-refractivity contribution in [3.63, 3.8) is 0 Å². The Kier molecular flexibility index (Phi) is 11.6. The van der Waals surface area contributed by atoms with Crippen molar-refractivity contribution in [1.29, 1.82) is 0 Å². The molecular formula is C15F30O5. The van der Waals surface area contributed by atoms with E-state index in [2.05, 4.69) is 0 Å². The summed E-state index contributed by atoms with van der Waals surface area (Å²) in [4.78, 5) is 10.1. The molecule has 0 spiro atoms. The van der Waals surface area contributed by atoms with Gasteiger partial charge in [0.05, 0.1) is 0 Å². The molecule has 35 heteroatoms. The fraction of sp³-hybridized carbons (Fsp3) is 0.933. The molecule has 0 aliphatic heterocycles. The molecule has 0 N–H and O–H groups in total. The van der Waals surface area contributed by atoms with Crippen LogP contribution in [0.1, 0.15) is 0 Å². The average molecular weight is 830 g/mol. The maximum Gasteiger partial charge on any atom is 0.462 e. The Morgan fingerprint density at radius 3 is 0.700 bits per heavy atom. The van der Waals surface area contributed by atoms with Crippen LogP contribution in [-0.2, 0) is 23.7 Å². The van der Waals surface area contributed by atoms with E-state index in [0.29, 0.717) is 0 Å². The van der Waals surface area contributed by atoms with Gasteiger partial charge < -0.3 is 0 Å². The fourth-order valence-electron chi connectivity index (χ4n) is 2.19. The van der Waals surface area contributed by atoms with Gasteiger partial charge in [0.25, 0.3) is 0 Å². The van der Waals surface area contributed by atoms with E-state index >= 15 is 0 Å². The van der Waals surface area contributed by atoms with Gasteiger partial charge in [-0.2, -0.15) is 132 Å². The number of rotatable bonds is 13. The molecule has 0 amide bonds. The molecule has 0 radical (unpaired) electrons. The van der Waals surface area contributed by atoms with E-state index in [4.69, 9.17) is 0 Å². The molecule has 0 saturated heterocycles. The quantitative estimate of drug-likeness (QED) is 0.137. The Morgan fingerprint density at radius 2 is 0.520 bits per heavy atom. The lowest BCUT2D eigenvalue weighted by Gasteiger charge is -2.43. The van der Waals surface area contributed by atoms with Crippen LogP contribution < -0.4 is 0 Å². The van der Waals surface area contributed by atoms with E-state index in [1.807, 2.05) is 0 Å². The van der Waals surface area contributed by atoms with E-state index in [1.165, 1.54) is 0 Å². The zero-order valence-corrected chi connectivity index (χ0v) is 20.9. The zero-order chi connectivity index (χ0) is 41.4. The normalized spacial score (nSPS) is 20.4. The van der Waals surface area contributed by atoms with Gasteiger partial charge in [-0.05, 0) is 0 Å². The summed E-state index contributed by atoms with van der Waals surface area (Å²) < 4.78 is 397. The van der Waals surface area contributed by atoms with E-state index in [1.54, 1.807) is 0 Å². The van der Waals surface area contributed by atoms with Crippen molar-refractivity contribution in [2.45, 2.75) is 84.7 Å². The molecule has 0 aliphatic carbocycles. The average Bonchev–Trinajstić information content (AvgIpc) is 2.78. The first-order valence-corrected chi connectivity index (χ1v) is 10.0. The summed E-state index contributed by atoms with van der Waals surface area (Å²) in [6.07, 6.45) is -78.1. The highest BCUT2D eigenvalue weighted by Crippen LogP contribution is 2.61. The lowest BCUT2D eigenvalue weighted by molar-refractivity contribution is -0.592. The molecule has 50 heavy (non-hydrogen) atoms. The number of halogens is 30. The molecule has 0 bridgehead atoms. The highest BCUT2D eigenvalue weighted by atomic mass is 19.4. The van der Waals surface area contributed by atoms with E-state index < -0.39 is 90.7 Å². The van der Waals surface area contributed by atoms with Crippen LogP contribution >= 0.6 is 0 Å². The van der Waals surface area contributed by atoms with Gasteiger partial charge >= 0.3 is 90.7 Å². The zero-order valence-electron chi connectivity index (χ0n) is 20.9. The monoisotopic (exact) mass is 830 g/mol. The van der Waals surface area contributed by atoms with Crippen molar-refractivity contribution in [2.24, 2.45) is 0 Å². The van der Waals surface area contributed by atoms with Crippen LogP contribution in [0.15, 0.2) is 0 Å². The first-order valence-electron chi connectivity index (χ1n) is 10.0. The van der Waals surface area contributed by atoms with Crippen molar-refractivity contribution in [3.05, 3.63) is 0 Å². The Bertz CT molecular complexity index is 1230. The van der Waals surface area contributed by atoms with Crippen LogP contribution in [-0.4, -0.2) is 90.7 Å². The van der Waals surface area contributed by atoms with Gasteiger partial charge in [-0.15, -0.1) is 0 Å². The smallest absolute Gasteiger partial charge is 0.263 e. The molecule has 0 saturated carbocycles. The van der Waals surface area contributed by atoms with Crippen molar-refractivity contribution in [2.75, 3.05) is 0 Å². The predicted molar refractivity (Wildman–Crippen MR) is 80.8 cm³/mol. The Morgan fingerprint density at radius 1 is 0.300 bits per heavy atom. The third-order valence-electron chi connectivity index (χ3n) is 4.63. The van der Waals surface area contributed by atoms with E-state index in [0.717, 1.165) is 18.9 Å². The number of carbonyl (C=O) groups excluding carboxylic acids is 1. The third-order valence-corrected chi connectivity index (χ3v) is 4.63. The van der Waals surface area contributed by atoms with Gasteiger partial charge in [0.2, 0.25) is 0 Å². The summed E-state index contributed by atoms with van der Waals surface area (Å²) in [6, 6.07) is -5.18. The molecule has 300 valence electrons. The van der Waals surface area contributed by atoms with Crippen LogP contribution in [0, 0.1) is 0 Å². The number of ether oxygens (including phenoxy) is 4. The Hall–Kier alpha value is -2.59. The lowest BCUT2D eigenvalue weighted by atomic mass is 10.2. The summed E-state index contributed by atoms with van der Waals surface area (Å²) in [5.74, 6) is -43.6. The maximum absolute atomic E-state index is 14.3. The second kappa shape index (κ2) is 12.2. The standard InChI is InChI=1S/C15F30O5/c16-1(46)2(17,7(23,24)25)47-13(40,41)4(20,9(29,30)31)49-15(44,45)6(22,11(35,36)37)50-14(42,43)5(21,10(32,33)34)48-12(38,39)3(18,19)8(26,27)28/t2-,4-,5+,6+/m0/s1. The predicted octanol–water partition coefficient (Wildman–Crippen LogP) is 9.03. The molecule has 4 atom stereocenters. The minimum atomic E-state index is -9.29. The van der Waals surface area contributed by atoms with Crippen molar-refractivity contribution >= 4 is 6.04 Å². The molecule has 0 aromatic heterocycles. The minimum absolute atomic E-state index is 0.788. The topological polar surface area (TPSA) is 54.0 Å². The molecule has 0 heterocycles. The maximum atomic E-state index is 14.3. The largest absolute Gasteiger partial charge is 0.462 e. The molecular weight excluding hydrogens is 830 g/mol. The van der Waals surface area contributed by atoms with Crippen LogP contribution in [0.2, 0.25) is 0 Å². The first kappa shape index (κ1) is 47.4. The van der Waals surface area contributed by atoms with Crippen LogP contribution in [0.3, 0.4) is 0 Å². The summed E-state index contributed by atoms with van der Waals surface area (Å²) >= 11 is 0. The highest BCUT2D eigenvalue weighted by Gasteiger charge is 2.90. The third kappa shape index (κ3) is 7.62. The summed E-state index contributed by atoms with van der Waals surface area (Å²) in [6.45, 7) is 0. The molecule has 0 unspecified atom stereocenters. The summed E-state index contributed by atoms with van der Waals surface area (Å²) in [7, 11) is 0. The second-order valence-corrected chi connectivity index (χ2v) is 8.19. The van der Waals surface area contributed by atoms with Crippen LogP contribution in [0.4, 0.5) is 132 Å². The van der Waals surface area contributed by atoms with E-state index in [-0.39, 0.29) is 0 Å². The second-order valence-electron chi connectivity index (χ2n) is 8.19. The van der Waals surface area contributed by atoms with Gasteiger partial charge in [-0.3, -0.25) is 23.7 Å². The van der Waals surface area contributed by atoms with Crippen LogP contribution in [0.25, 0.3) is 0 Å². The van der Waals surface area contributed by atoms with Gasteiger partial charge in [0, 0.05) is 0 Å². The van der Waals surface area contributed by atoms with Gasteiger partial charge in [0.15, 0.2) is 0 Å². The van der Waals surface area contributed by atoms with Crippen molar-refractivity contribution < 1.29 is 155 Å². The summed E-state index contributed by atoms with van der Waals surface area (Å²) in [5, 5.41) is 0. The lowest BCUT2D eigenvalue weighted by Crippen LogP contribution is -2.72. The molecule has 0 aromatic rings. The molecule has 0 rings (SSSR count). The van der Waals surface area contributed by atoms with Crippen LogP contribution in [0.5, 0.6) is 0 Å². The summed E-state index contributed by atoms with van der Waals surface area (Å²) in [5.41, 5.74) is 0. The number of hydrogen-bond acceptors (Lipinski definition) is 5. The molecule has 0 aromatic carbocycles. The minimum Gasteiger partial charge on any atom is -0.263 e. The van der Waals surface area contributed by atoms with Gasteiger partial charge in [-0.1, -0.05) is 0 Å². The fourth-order valence-corrected chi connectivity index (χ4v) is 2.19. The SMILES string of the molecule is O=C(F)[C@](F)(OC(F)(F)[C@@](F)(OC(F)(F)[C@](F)(OC(F)(F)[C@](F)(OC(F)(F)C(F)(F)C(F)(F)F)C(F)(F)F)C(F)(F)F)C(F)(F)F)C(F)(F)F. The molecule has 0 fully saturated rings. The number of alkyl halides is 29. The number of hydrogen-bond donors (Lipinski definition) is 0. The Labute approximate surface area is 247 Å². The molecule has 0 aliphatic rings.